The molecule has 0 fully saturated rings. The normalized spacial score (nSPS) is 13.0. The predicted molar refractivity (Wildman–Crippen MR) is 74.4 cm³/mol. The summed E-state index contributed by atoms with van der Waals surface area (Å²) in [6, 6.07) is 0. The minimum Gasteiger partial charge on any atom is -0.370 e. The number of nitrogens with zero attached hydrogens (tertiary/aromatic N) is 1. The molecule has 0 unspecified atom stereocenters. The molecule has 0 saturated carbocycles. The van der Waals surface area contributed by atoms with Crippen LogP contribution in [0.15, 0.2) is 6.20 Å². The van der Waals surface area contributed by atoms with Gasteiger partial charge in [-0.3, -0.25) is 0 Å². The van der Waals surface area contributed by atoms with Crippen molar-refractivity contribution in [2.24, 2.45) is 0 Å². The van der Waals surface area contributed by atoms with Crippen molar-refractivity contribution < 1.29 is 4.74 Å². The first-order chi connectivity index (χ1) is 8.37. The minimum atomic E-state index is -0.278. The van der Waals surface area contributed by atoms with Crippen LogP contribution < -0.4 is 5.32 Å². The largest absolute Gasteiger partial charge is 0.370 e. The molecule has 0 aromatic carbocycles. The molecule has 1 rings (SSSR count). The van der Waals surface area contributed by atoms with Gasteiger partial charge in [0.15, 0.2) is 0 Å². The van der Waals surface area contributed by atoms with Crippen molar-refractivity contribution in [1.29, 1.82) is 0 Å². The van der Waals surface area contributed by atoms with E-state index in [4.69, 9.17) is 4.74 Å². The number of hydrogen-bond donors (Lipinski definition) is 2. The summed E-state index contributed by atoms with van der Waals surface area (Å²) in [5.74, 6) is 0.931. The van der Waals surface area contributed by atoms with Crippen molar-refractivity contribution in [1.82, 2.24) is 15.3 Å². The number of nitrogens with one attached hydrogen (secondary N) is 2. The van der Waals surface area contributed by atoms with Crippen molar-refractivity contribution in [2.45, 2.75) is 65.1 Å². The molecule has 4 heteroatoms. The van der Waals surface area contributed by atoms with E-state index in [2.05, 4.69) is 49.9 Å². The molecule has 0 spiro atoms. The molecule has 0 bridgehead atoms. The molecular formula is C14H27N3O. The van der Waals surface area contributed by atoms with E-state index in [1.54, 1.807) is 7.11 Å². The molecule has 1 aromatic heterocycles. The van der Waals surface area contributed by atoms with Gasteiger partial charge in [0.1, 0.15) is 11.4 Å². The van der Waals surface area contributed by atoms with Crippen LogP contribution in [0.5, 0.6) is 0 Å². The number of hydrogen-bond acceptors (Lipinski definition) is 3. The van der Waals surface area contributed by atoms with Crippen LogP contribution in [0.2, 0.25) is 0 Å². The fraction of sp³-hybridized carbons (Fsp3) is 0.786. The number of imidazole rings is 1. The Morgan fingerprint density at radius 3 is 2.33 bits per heavy atom. The molecule has 0 amide bonds. The van der Waals surface area contributed by atoms with Crippen molar-refractivity contribution in [3.63, 3.8) is 0 Å². The fourth-order valence-corrected chi connectivity index (χ4v) is 2.01. The Kier molecular flexibility index (Phi) is 4.93. The quantitative estimate of drug-likeness (QED) is 0.819. The Morgan fingerprint density at radius 2 is 1.89 bits per heavy atom. The predicted octanol–water partition coefficient (Wildman–Crippen LogP) is 2.96. The van der Waals surface area contributed by atoms with Gasteiger partial charge in [-0.05, 0) is 33.6 Å². The topological polar surface area (TPSA) is 49.9 Å². The highest BCUT2D eigenvalue weighted by molar-refractivity contribution is 5.09. The fourth-order valence-electron chi connectivity index (χ4n) is 2.01. The second kappa shape index (κ2) is 5.85. The van der Waals surface area contributed by atoms with Gasteiger partial charge >= 0.3 is 0 Å². The summed E-state index contributed by atoms with van der Waals surface area (Å²) in [4.78, 5) is 7.86. The number of methoxy groups -OCH3 is 1. The summed E-state index contributed by atoms with van der Waals surface area (Å²) >= 11 is 0. The molecule has 0 saturated heterocycles. The van der Waals surface area contributed by atoms with Gasteiger partial charge < -0.3 is 15.0 Å². The minimum absolute atomic E-state index is 0.110. The molecule has 2 N–H and O–H groups in total. The molecule has 0 atom stereocenters. The van der Waals surface area contributed by atoms with Crippen LogP contribution in [0.3, 0.4) is 0 Å². The third-order valence-corrected chi connectivity index (χ3v) is 3.40. The highest BCUT2D eigenvalue weighted by Crippen LogP contribution is 2.29. The lowest BCUT2D eigenvalue weighted by Gasteiger charge is -2.27. The van der Waals surface area contributed by atoms with E-state index < -0.39 is 0 Å². The summed E-state index contributed by atoms with van der Waals surface area (Å²) in [6.45, 7) is 11.5. The standard InChI is InChI=1S/C14H27N3O/c1-7-14(8-2,18-6)12-15-9-11(17-12)10-16-13(3,4)5/h9,16H,7-8,10H2,1-6H3,(H,15,17). The van der Waals surface area contributed by atoms with Gasteiger partial charge in [0, 0.05) is 31.1 Å². The molecule has 0 aliphatic heterocycles. The molecule has 1 aromatic rings. The smallest absolute Gasteiger partial charge is 0.138 e. The van der Waals surface area contributed by atoms with Gasteiger partial charge in [0.2, 0.25) is 0 Å². The van der Waals surface area contributed by atoms with Gasteiger partial charge in [-0.1, -0.05) is 13.8 Å². The van der Waals surface area contributed by atoms with Crippen LogP contribution in [0.1, 0.15) is 59.0 Å². The molecule has 0 aliphatic carbocycles. The molecule has 104 valence electrons. The van der Waals surface area contributed by atoms with E-state index >= 15 is 0 Å². The SMILES string of the molecule is CCC(CC)(OC)c1ncc(CNC(C)(C)C)[nH]1. The van der Waals surface area contributed by atoms with Crippen molar-refractivity contribution in [2.75, 3.05) is 7.11 Å². The van der Waals surface area contributed by atoms with E-state index in [0.717, 1.165) is 30.9 Å². The van der Waals surface area contributed by atoms with Crippen LogP contribution in [-0.2, 0) is 16.9 Å². The zero-order valence-corrected chi connectivity index (χ0v) is 12.6. The Morgan fingerprint density at radius 1 is 1.28 bits per heavy atom. The average Bonchev–Trinajstić information content (AvgIpc) is 2.78. The monoisotopic (exact) mass is 253 g/mol. The van der Waals surface area contributed by atoms with Crippen molar-refractivity contribution >= 4 is 0 Å². The first kappa shape index (κ1) is 15.2. The summed E-state index contributed by atoms with van der Waals surface area (Å²) in [5.41, 5.74) is 0.933. The summed E-state index contributed by atoms with van der Waals surface area (Å²) in [5, 5.41) is 3.44. The Labute approximate surface area is 111 Å². The Hall–Kier alpha value is -0.870. The van der Waals surface area contributed by atoms with Gasteiger partial charge in [-0.15, -0.1) is 0 Å². The summed E-state index contributed by atoms with van der Waals surface area (Å²) < 4.78 is 5.67. The number of aromatic amines is 1. The third-order valence-electron chi connectivity index (χ3n) is 3.40. The molecule has 0 aliphatic rings. The number of ether oxygens (including phenoxy) is 1. The lowest BCUT2D eigenvalue weighted by atomic mass is 9.96. The highest BCUT2D eigenvalue weighted by Gasteiger charge is 2.31. The number of H-pyrrole nitrogens is 1. The maximum atomic E-state index is 5.67. The lowest BCUT2D eigenvalue weighted by molar-refractivity contribution is -0.0285. The summed E-state index contributed by atoms with van der Waals surface area (Å²) in [7, 11) is 1.75. The number of aromatic nitrogens is 2. The van der Waals surface area contributed by atoms with Crippen LogP contribution >= 0.6 is 0 Å². The molecular weight excluding hydrogens is 226 g/mol. The van der Waals surface area contributed by atoms with Crippen molar-refractivity contribution in [3.05, 3.63) is 17.7 Å². The van der Waals surface area contributed by atoms with Crippen LogP contribution in [0, 0.1) is 0 Å². The van der Waals surface area contributed by atoms with Gasteiger partial charge in [-0.2, -0.15) is 0 Å². The third kappa shape index (κ3) is 3.56. The maximum absolute atomic E-state index is 5.67. The maximum Gasteiger partial charge on any atom is 0.138 e. The molecule has 0 radical (unpaired) electrons. The van der Waals surface area contributed by atoms with E-state index in [9.17, 15) is 0 Å². The van der Waals surface area contributed by atoms with Gasteiger partial charge in [-0.25, -0.2) is 4.98 Å². The second-order valence-electron chi connectivity index (χ2n) is 5.77. The average molecular weight is 253 g/mol. The van der Waals surface area contributed by atoms with E-state index in [1.807, 2.05) is 6.20 Å². The molecule has 1 heterocycles. The van der Waals surface area contributed by atoms with Gasteiger partial charge in [0.05, 0.1) is 0 Å². The van der Waals surface area contributed by atoms with Crippen LogP contribution in [0.25, 0.3) is 0 Å². The van der Waals surface area contributed by atoms with E-state index in [0.29, 0.717) is 0 Å². The molecule has 18 heavy (non-hydrogen) atoms. The van der Waals surface area contributed by atoms with Crippen molar-refractivity contribution in [3.8, 4) is 0 Å². The zero-order valence-electron chi connectivity index (χ0n) is 12.6. The van der Waals surface area contributed by atoms with Crippen LogP contribution in [-0.4, -0.2) is 22.6 Å². The number of rotatable bonds is 6. The van der Waals surface area contributed by atoms with E-state index in [-0.39, 0.29) is 11.1 Å². The first-order valence-electron chi connectivity index (χ1n) is 6.71. The lowest BCUT2D eigenvalue weighted by Crippen LogP contribution is -2.35. The van der Waals surface area contributed by atoms with Crippen LogP contribution in [0.4, 0.5) is 0 Å². The second-order valence-corrected chi connectivity index (χ2v) is 5.77. The first-order valence-corrected chi connectivity index (χ1v) is 6.71. The van der Waals surface area contributed by atoms with Gasteiger partial charge in [0.25, 0.3) is 0 Å². The Balaban J connectivity index is 2.79. The van der Waals surface area contributed by atoms with E-state index in [1.165, 1.54) is 0 Å². The molecule has 4 nitrogen and oxygen atoms in total. The Bertz CT molecular complexity index is 353. The zero-order chi connectivity index (χ0) is 13.8. The summed E-state index contributed by atoms with van der Waals surface area (Å²) in [6.07, 6.45) is 3.73. The highest BCUT2D eigenvalue weighted by atomic mass is 16.5.